The third-order valence-corrected chi connectivity index (χ3v) is 4.66. The molecule has 0 aliphatic carbocycles. The maximum Gasteiger partial charge on any atom is 0.282 e. The lowest BCUT2D eigenvalue weighted by molar-refractivity contribution is -0.908. The number of non-ortho nitro benzene ring substituents is 1. The van der Waals surface area contributed by atoms with E-state index >= 15 is 0 Å². The first-order valence-corrected chi connectivity index (χ1v) is 8.51. The number of hydrogen-bond donors (Lipinski definition) is 2. The fourth-order valence-electron chi connectivity index (χ4n) is 2.51. The lowest BCUT2D eigenvalue weighted by Gasteiger charge is -2.22. The number of nitro groups is 1. The molecule has 0 aliphatic heterocycles. The Hall–Kier alpha value is -2.71. The van der Waals surface area contributed by atoms with E-state index in [1.54, 1.807) is 20.0 Å². The molecule has 0 bridgehead atoms. The number of carbonyl (C=O) groups excluding carboxylic acids is 1. The molecular formula is C18H20ClFN3O4+. The fourth-order valence-corrected chi connectivity index (χ4v) is 2.73. The Morgan fingerprint density at radius 2 is 2.11 bits per heavy atom. The maximum absolute atomic E-state index is 14.0. The second kappa shape index (κ2) is 8.79. The van der Waals surface area contributed by atoms with E-state index < -0.39 is 22.7 Å². The largest absolute Gasteiger partial charge is 0.495 e. The fraction of sp³-hybridized carbons (Fsp3) is 0.278. The van der Waals surface area contributed by atoms with Crippen LogP contribution in [0.5, 0.6) is 5.75 Å². The highest BCUT2D eigenvalue weighted by Crippen LogP contribution is 2.28. The van der Waals surface area contributed by atoms with E-state index in [1.165, 1.54) is 37.4 Å². The SMILES string of the molecule is COc1ccc([N+](=O)[O-])cc1NC(=O)[C@@H](C)[NH+](C)Cc1c(F)cccc1Cl. The Balaban J connectivity index is 2.15. The van der Waals surface area contributed by atoms with E-state index in [4.69, 9.17) is 16.3 Å². The van der Waals surface area contributed by atoms with Crippen molar-refractivity contribution in [1.82, 2.24) is 0 Å². The summed E-state index contributed by atoms with van der Waals surface area (Å²) in [4.78, 5) is 23.7. The van der Waals surface area contributed by atoms with Gasteiger partial charge >= 0.3 is 0 Å². The van der Waals surface area contributed by atoms with Gasteiger partial charge in [-0.15, -0.1) is 0 Å². The van der Waals surface area contributed by atoms with Crippen LogP contribution in [0.2, 0.25) is 5.02 Å². The molecule has 0 fully saturated rings. The Kier molecular flexibility index (Phi) is 6.70. The Bertz CT molecular complexity index is 842. The minimum absolute atomic E-state index is 0.169. The van der Waals surface area contributed by atoms with Crippen LogP contribution in [0.25, 0.3) is 0 Å². The number of halogens is 2. The number of ether oxygens (including phenoxy) is 1. The number of nitrogens with zero attached hydrogens (tertiary/aromatic N) is 1. The summed E-state index contributed by atoms with van der Waals surface area (Å²) < 4.78 is 19.1. The summed E-state index contributed by atoms with van der Waals surface area (Å²) in [5.74, 6) is -0.524. The number of rotatable bonds is 7. The first-order chi connectivity index (χ1) is 12.7. The zero-order chi connectivity index (χ0) is 20.1. The lowest BCUT2D eigenvalue weighted by Crippen LogP contribution is -3.12. The molecule has 0 saturated heterocycles. The molecule has 1 amide bonds. The molecule has 2 aromatic rings. The van der Waals surface area contributed by atoms with Gasteiger partial charge in [-0.1, -0.05) is 17.7 Å². The van der Waals surface area contributed by atoms with Crippen molar-refractivity contribution >= 4 is 28.9 Å². The molecule has 0 aromatic heterocycles. The van der Waals surface area contributed by atoms with E-state index in [0.29, 0.717) is 21.2 Å². The molecule has 0 heterocycles. The number of quaternary nitrogens is 1. The first-order valence-electron chi connectivity index (χ1n) is 8.13. The molecule has 7 nitrogen and oxygen atoms in total. The third-order valence-electron chi connectivity index (χ3n) is 4.30. The van der Waals surface area contributed by atoms with Gasteiger partial charge in [-0.05, 0) is 25.1 Å². The van der Waals surface area contributed by atoms with Crippen molar-refractivity contribution in [2.45, 2.75) is 19.5 Å². The molecule has 144 valence electrons. The summed E-state index contributed by atoms with van der Waals surface area (Å²) in [5.41, 5.74) is 0.349. The summed E-state index contributed by atoms with van der Waals surface area (Å²) in [7, 11) is 3.13. The summed E-state index contributed by atoms with van der Waals surface area (Å²) in [5, 5.41) is 13.9. The highest BCUT2D eigenvalue weighted by Gasteiger charge is 2.25. The highest BCUT2D eigenvalue weighted by molar-refractivity contribution is 6.31. The van der Waals surface area contributed by atoms with Crippen molar-refractivity contribution in [3.8, 4) is 5.75 Å². The van der Waals surface area contributed by atoms with Gasteiger partial charge in [0.2, 0.25) is 0 Å². The summed E-state index contributed by atoms with van der Waals surface area (Å²) in [6.45, 7) is 1.87. The van der Waals surface area contributed by atoms with Crippen molar-refractivity contribution in [3.63, 3.8) is 0 Å². The molecule has 9 heteroatoms. The second-order valence-electron chi connectivity index (χ2n) is 6.08. The lowest BCUT2D eigenvalue weighted by atomic mass is 10.1. The predicted molar refractivity (Wildman–Crippen MR) is 99.7 cm³/mol. The van der Waals surface area contributed by atoms with Crippen LogP contribution in [-0.2, 0) is 11.3 Å². The molecule has 0 aliphatic rings. The van der Waals surface area contributed by atoms with Crippen molar-refractivity contribution in [1.29, 1.82) is 0 Å². The Morgan fingerprint density at radius 1 is 1.41 bits per heavy atom. The van der Waals surface area contributed by atoms with Gasteiger partial charge in [0.05, 0.1) is 35.4 Å². The number of carbonyl (C=O) groups is 1. The molecule has 2 rings (SSSR count). The number of nitro benzene ring substituents is 1. The number of likely N-dealkylation sites (N-methyl/N-ethyl adjacent to an activating group) is 1. The third kappa shape index (κ3) is 4.93. The van der Waals surface area contributed by atoms with Crippen molar-refractivity contribution in [2.24, 2.45) is 0 Å². The average Bonchev–Trinajstić information content (AvgIpc) is 2.63. The van der Waals surface area contributed by atoms with Crippen LogP contribution in [0, 0.1) is 15.9 Å². The Labute approximate surface area is 160 Å². The van der Waals surface area contributed by atoms with Gasteiger partial charge in [0, 0.05) is 12.1 Å². The molecule has 2 atom stereocenters. The number of amides is 1. The van der Waals surface area contributed by atoms with Crippen molar-refractivity contribution < 1.29 is 23.7 Å². The molecule has 0 radical (unpaired) electrons. The molecule has 27 heavy (non-hydrogen) atoms. The number of anilines is 1. The van der Waals surface area contributed by atoms with Gasteiger partial charge in [0.15, 0.2) is 6.04 Å². The molecule has 1 unspecified atom stereocenters. The van der Waals surface area contributed by atoms with Crippen molar-refractivity contribution in [2.75, 3.05) is 19.5 Å². The monoisotopic (exact) mass is 396 g/mol. The van der Waals surface area contributed by atoms with Crippen LogP contribution in [0.15, 0.2) is 36.4 Å². The van der Waals surface area contributed by atoms with Crippen LogP contribution in [0.3, 0.4) is 0 Å². The van der Waals surface area contributed by atoms with Gasteiger partial charge in [0.25, 0.3) is 11.6 Å². The quantitative estimate of drug-likeness (QED) is 0.556. The summed E-state index contributed by atoms with van der Waals surface area (Å²) in [6.07, 6.45) is 0. The van der Waals surface area contributed by atoms with Gasteiger partial charge in [-0.25, -0.2) is 4.39 Å². The van der Waals surface area contributed by atoms with E-state index in [9.17, 15) is 19.3 Å². The van der Waals surface area contributed by atoms with Gasteiger partial charge in [-0.3, -0.25) is 14.9 Å². The average molecular weight is 397 g/mol. The van der Waals surface area contributed by atoms with Crippen LogP contribution in [0.4, 0.5) is 15.8 Å². The molecule has 2 aromatic carbocycles. The van der Waals surface area contributed by atoms with Crippen LogP contribution in [-0.4, -0.2) is 31.0 Å². The minimum Gasteiger partial charge on any atom is -0.495 e. The Morgan fingerprint density at radius 3 is 2.70 bits per heavy atom. The second-order valence-corrected chi connectivity index (χ2v) is 6.48. The summed E-state index contributed by atoms with van der Waals surface area (Å²) in [6, 6.07) is 7.76. The standard InChI is InChI=1S/C18H19ClFN3O4/c1-11(22(2)10-13-14(19)5-4-6-15(13)20)18(24)21-16-9-12(23(25)26)7-8-17(16)27-3/h4-9,11H,10H2,1-3H3,(H,21,24)/p+1/t11-/m1/s1. The highest BCUT2D eigenvalue weighted by atomic mass is 35.5. The predicted octanol–water partition coefficient (Wildman–Crippen LogP) is 2.44. The number of benzene rings is 2. The van der Waals surface area contributed by atoms with Gasteiger partial charge in [0.1, 0.15) is 18.1 Å². The molecule has 0 saturated carbocycles. The number of nitrogens with one attached hydrogen (secondary N) is 2. The van der Waals surface area contributed by atoms with Crippen molar-refractivity contribution in [3.05, 3.63) is 62.9 Å². The molecular weight excluding hydrogens is 377 g/mol. The molecule has 2 N–H and O–H groups in total. The number of methoxy groups -OCH3 is 1. The normalized spacial score (nSPS) is 12.9. The van der Waals surface area contributed by atoms with E-state index in [2.05, 4.69) is 5.32 Å². The van der Waals surface area contributed by atoms with Gasteiger partial charge in [-0.2, -0.15) is 0 Å². The zero-order valence-corrected chi connectivity index (χ0v) is 15.8. The van der Waals surface area contributed by atoms with E-state index in [0.717, 1.165) is 0 Å². The number of hydrogen-bond acceptors (Lipinski definition) is 4. The van der Waals surface area contributed by atoms with Gasteiger partial charge < -0.3 is 15.0 Å². The smallest absolute Gasteiger partial charge is 0.282 e. The molecule has 0 spiro atoms. The van der Waals surface area contributed by atoms with E-state index in [-0.39, 0.29) is 17.9 Å². The first kappa shape index (κ1) is 20.6. The van der Waals surface area contributed by atoms with Crippen LogP contribution >= 0.6 is 11.6 Å². The zero-order valence-electron chi connectivity index (χ0n) is 15.1. The van der Waals surface area contributed by atoms with Crippen LogP contribution in [0.1, 0.15) is 12.5 Å². The van der Waals surface area contributed by atoms with Crippen LogP contribution < -0.4 is 15.0 Å². The maximum atomic E-state index is 14.0. The van der Waals surface area contributed by atoms with E-state index in [1.807, 2.05) is 0 Å². The summed E-state index contributed by atoms with van der Waals surface area (Å²) >= 11 is 6.04. The minimum atomic E-state index is -0.579. The topological polar surface area (TPSA) is 85.9 Å².